The van der Waals surface area contributed by atoms with E-state index < -0.39 is 0 Å². The van der Waals surface area contributed by atoms with Crippen LogP contribution in [0.4, 0.5) is 5.69 Å². The van der Waals surface area contributed by atoms with Gasteiger partial charge < -0.3 is 5.73 Å². The lowest BCUT2D eigenvalue weighted by Gasteiger charge is -2.25. The third kappa shape index (κ3) is 3.90. The molecule has 1 fully saturated rings. The van der Waals surface area contributed by atoms with E-state index in [1.54, 1.807) is 0 Å². The van der Waals surface area contributed by atoms with E-state index in [0.29, 0.717) is 0 Å². The molecule has 94 valence electrons. The first-order valence-electron chi connectivity index (χ1n) is 6.52. The molecular weight excluding hydrogens is 232 g/mol. The molecule has 2 nitrogen and oxygen atoms in total. The molecule has 1 aromatic rings. The fraction of sp³-hybridized carbons (Fsp3) is 0.571. The van der Waals surface area contributed by atoms with Crippen LogP contribution in [0, 0.1) is 0 Å². The third-order valence-corrected chi connectivity index (χ3v) is 3.78. The minimum Gasteiger partial charge on any atom is -0.399 e. The van der Waals surface area contributed by atoms with Crippen molar-refractivity contribution in [3.8, 4) is 0 Å². The van der Waals surface area contributed by atoms with Gasteiger partial charge in [0.05, 0.1) is 0 Å². The van der Waals surface area contributed by atoms with Gasteiger partial charge in [-0.15, -0.1) is 0 Å². The van der Waals surface area contributed by atoms with Crippen LogP contribution < -0.4 is 5.73 Å². The average Bonchev–Trinajstić information content (AvgIpc) is 2.27. The molecule has 1 aliphatic rings. The Bertz CT molecular complexity index is 357. The maximum absolute atomic E-state index is 6.21. The van der Waals surface area contributed by atoms with Crippen molar-refractivity contribution in [2.24, 2.45) is 0 Å². The highest BCUT2D eigenvalue weighted by molar-refractivity contribution is 6.31. The number of likely N-dealkylation sites (tertiary alicyclic amines) is 1. The number of nitrogen functional groups attached to an aromatic ring is 1. The lowest BCUT2D eigenvalue weighted by atomic mass is 10.1. The Kier molecular flexibility index (Phi) is 4.69. The van der Waals surface area contributed by atoms with E-state index in [1.807, 2.05) is 18.2 Å². The molecule has 0 bridgehead atoms. The Morgan fingerprint density at radius 2 is 1.71 bits per heavy atom. The quantitative estimate of drug-likeness (QED) is 0.814. The average molecular weight is 253 g/mol. The van der Waals surface area contributed by atoms with Crippen LogP contribution in [0.3, 0.4) is 0 Å². The van der Waals surface area contributed by atoms with Gasteiger partial charge in [-0.05, 0) is 49.7 Å². The van der Waals surface area contributed by atoms with E-state index in [4.69, 9.17) is 17.3 Å². The summed E-state index contributed by atoms with van der Waals surface area (Å²) >= 11 is 6.21. The van der Waals surface area contributed by atoms with Gasteiger partial charge in [-0.1, -0.05) is 30.9 Å². The van der Waals surface area contributed by atoms with E-state index >= 15 is 0 Å². The van der Waals surface area contributed by atoms with Crippen LogP contribution in [0.2, 0.25) is 5.02 Å². The molecule has 3 heteroatoms. The summed E-state index contributed by atoms with van der Waals surface area (Å²) in [4.78, 5) is 2.50. The highest BCUT2D eigenvalue weighted by Crippen LogP contribution is 2.21. The zero-order valence-corrected chi connectivity index (χ0v) is 11.0. The van der Waals surface area contributed by atoms with Crippen molar-refractivity contribution in [1.82, 2.24) is 4.90 Å². The van der Waals surface area contributed by atoms with Gasteiger partial charge >= 0.3 is 0 Å². The van der Waals surface area contributed by atoms with Crippen LogP contribution in [0.5, 0.6) is 0 Å². The number of nitrogens with two attached hydrogens (primary N) is 1. The Morgan fingerprint density at radius 3 is 2.41 bits per heavy atom. The van der Waals surface area contributed by atoms with Gasteiger partial charge in [0.25, 0.3) is 0 Å². The third-order valence-electron chi connectivity index (χ3n) is 3.41. The largest absolute Gasteiger partial charge is 0.399 e. The molecule has 0 spiro atoms. The molecular formula is C14H21ClN2. The molecule has 1 saturated heterocycles. The summed E-state index contributed by atoms with van der Waals surface area (Å²) < 4.78 is 0. The summed E-state index contributed by atoms with van der Waals surface area (Å²) in [6.07, 6.45) is 6.73. The maximum atomic E-state index is 6.21. The topological polar surface area (TPSA) is 29.3 Å². The van der Waals surface area contributed by atoms with Gasteiger partial charge in [-0.3, -0.25) is 4.90 Å². The van der Waals surface area contributed by atoms with Crippen LogP contribution in [-0.2, 0) is 6.54 Å². The SMILES string of the molecule is Nc1ccc(Cl)c(CN2CCCCCCC2)c1. The second-order valence-corrected chi connectivity index (χ2v) is 5.30. The van der Waals surface area contributed by atoms with Crippen LogP contribution in [0.25, 0.3) is 0 Å². The minimum atomic E-state index is 0.802. The van der Waals surface area contributed by atoms with E-state index in [9.17, 15) is 0 Å². The molecule has 0 radical (unpaired) electrons. The normalized spacial score (nSPS) is 18.6. The molecule has 1 aliphatic heterocycles. The standard InChI is InChI=1S/C14H21ClN2/c15-14-7-6-13(16)10-12(14)11-17-8-4-2-1-3-5-9-17/h6-7,10H,1-5,8-9,11,16H2. The second-order valence-electron chi connectivity index (χ2n) is 4.89. The van der Waals surface area contributed by atoms with Crippen LogP contribution >= 0.6 is 11.6 Å². The molecule has 2 N–H and O–H groups in total. The van der Waals surface area contributed by atoms with E-state index in [-0.39, 0.29) is 0 Å². The monoisotopic (exact) mass is 252 g/mol. The smallest absolute Gasteiger partial charge is 0.0452 e. The molecule has 0 aromatic heterocycles. The zero-order valence-electron chi connectivity index (χ0n) is 10.3. The first-order chi connectivity index (χ1) is 8.25. The van der Waals surface area contributed by atoms with E-state index in [0.717, 1.165) is 22.8 Å². The van der Waals surface area contributed by atoms with Crippen molar-refractivity contribution in [2.45, 2.75) is 38.6 Å². The number of anilines is 1. The van der Waals surface area contributed by atoms with Crippen LogP contribution in [0.15, 0.2) is 18.2 Å². The summed E-state index contributed by atoms with van der Waals surface area (Å²) in [5.74, 6) is 0. The van der Waals surface area contributed by atoms with E-state index in [1.165, 1.54) is 45.2 Å². The van der Waals surface area contributed by atoms with Crippen molar-refractivity contribution in [2.75, 3.05) is 18.8 Å². The van der Waals surface area contributed by atoms with Crippen molar-refractivity contribution in [3.05, 3.63) is 28.8 Å². The van der Waals surface area contributed by atoms with Gasteiger partial charge in [0.1, 0.15) is 0 Å². The predicted octanol–water partition coefficient (Wildman–Crippen LogP) is 3.69. The fourth-order valence-electron chi connectivity index (χ4n) is 2.43. The second kappa shape index (κ2) is 6.27. The van der Waals surface area contributed by atoms with Crippen molar-refractivity contribution in [3.63, 3.8) is 0 Å². The molecule has 1 heterocycles. The fourth-order valence-corrected chi connectivity index (χ4v) is 2.61. The summed E-state index contributed by atoms with van der Waals surface area (Å²) in [5, 5.41) is 0.834. The molecule has 2 rings (SSSR count). The number of benzene rings is 1. The van der Waals surface area contributed by atoms with Gasteiger partial charge in [-0.25, -0.2) is 0 Å². The maximum Gasteiger partial charge on any atom is 0.0452 e. The number of rotatable bonds is 2. The Balaban J connectivity index is 2.00. The lowest BCUT2D eigenvalue weighted by molar-refractivity contribution is 0.240. The van der Waals surface area contributed by atoms with Gasteiger partial charge in [-0.2, -0.15) is 0 Å². The van der Waals surface area contributed by atoms with E-state index in [2.05, 4.69) is 4.90 Å². The van der Waals surface area contributed by atoms with Crippen molar-refractivity contribution in [1.29, 1.82) is 0 Å². The number of nitrogens with zero attached hydrogens (tertiary/aromatic N) is 1. The molecule has 17 heavy (non-hydrogen) atoms. The van der Waals surface area contributed by atoms with Crippen molar-refractivity contribution < 1.29 is 0 Å². The zero-order chi connectivity index (χ0) is 12.1. The molecule has 0 aliphatic carbocycles. The molecule has 0 amide bonds. The van der Waals surface area contributed by atoms with Gasteiger partial charge in [0.2, 0.25) is 0 Å². The predicted molar refractivity (Wildman–Crippen MR) is 74.2 cm³/mol. The number of hydrogen-bond donors (Lipinski definition) is 1. The van der Waals surface area contributed by atoms with Gasteiger partial charge in [0.15, 0.2) is 0 Å². The molecule has 1 aromatic carbocycles. The first kappa shape index (κ1) is 12.7. The molecule has 0 unspecified atom stereocenters. The lowest BCUT2D eigenvalue weighted by Crippen LogP contribution is -2.27. The Labute approximate surface area is 109 Å². The summed E-state index contributed by atoms with van der Waals surface area (Å²) in [6, 6.07) is 5.76. The number of halogens is 1. The highest BCUT2D eigenvalue weighted by Gasteiger charge is 2.10. The van der Waals surface area contributed by atoms with Gasteiger partial charge in [0, 0.05) is 17.3 Å². The minimum absolute atomic E-state index is 0.802. The summed E-state index contributed by atoms with van der Waals surface area (Å²) in [5.41, 5.74) is 7.77. The highest BCUT2D eigenvalue weighted by atomic mass is 35.5. The summed E-state index contributed by atoms with van der Waals surface area (Å²) in [6.45, 7) is 3.31. The summed E-state index contributed by atoms with van der Waals surface area (Å²) in [7, 11) is 0. The molecule has 0 atom stereocenters. The Hall–Kier alpha value is -0.730. The van der Waals surface area contributed by atoms with Crippen LogP contribution in [0.1, 0.15) is 37.7 Å². The van der Waals surface area contributed by atoms with Crippen LogP contribution in [-0.4, -0.2) is 18.0 Å². The number of hydrogen-bond acceptors (Lipinski definition) is 2. The van der Waals surface area contributed by atoms with Crippen molar-refractivity contribution >= 4 is 17.3 Å². The Morgan fingerprint density at radius 1 is 1.06 bits per heavy atom. The molecule has 0 saturated carbocycles. The first-order valence-corrected chi connectivity index (χ1v) is 6.90.